The molecule has 1 amide bonds. The Bertz CT molecular complexity index is 744. The summed E-state index contributed by atoms with van der Waals surface area (Å²) in [6, 6.07) is 3.69. The van der Waals surface area contributed by atoms with Crippen molar-refractivity contribution in [3.05, 3.63) is 55.0 Å². The highest BCUT2D eigenvalue weighted by atomic mass is 32.1. The van der Waals surface area contributed by atoms with E-state index in [1.165, 1.54) is 17.5 Å². The zero-order valence-electron chi connectivity index (χ0n) is 12.6. The van der Waals surface area contributed by atoms with Crippen LogP contribution in [0.2, 0.25) is 0 Å². The van der Waals surface area contributed by atoms with Gasteiger partial charge in [-0.3, -0.25) is 14.2 Å². The maximum atomic E-state index is 12.3. The number of aromatic amines is 1. The number of aromatic nitrogens is 2. The molecule has 2 heterocycles. The summed E-state index contributed by atoms with van der Waals surface area (Å²) in [5, 5.41) is 4.58. The Labute approximate surface area is 131 Å². The molecule has 118 valence electrons. The number of H-pyrrole nitrogens is 1. The van der Waals surface area contributed by atoms with Gasteiger partial charge in [-0.2, -0.15) is 0 Å². The molecule has 0 aliphatic carbocycles. The molecule has 7 heteroatoms. The highest BCUT2D eigenvalue weighted by Crippen LogP contribution is 2.08. The number of hydrogen-bond donors (Lipinski definition) is 2. The zero-order chi connectivity index (χ0) is 16.1. The molecule has 0 aliphatic heterocycles. The monoisotopic (exact) mass is 321 g/mol. The second-order valence-corrected chi connectivity index (χ2v) is 6.45. The molecule has 0 aromatic carbocycles. The number of nitrogens with one attached hydrogen (secondary N) is 2. The molecule has 2 aromatic rings. The molecule has 0 fully saturated rings. The third kappa shape index (κ3) is 3.94. The van der Waals surface area contributed by atoms with Crippen molar-refractivity contribution in [2.45, 2.75) is 26.8 Å². The zero-order valence-corrected chi connectivity index (χ0v) is 13.4. The normalized spacial score (nSPS) is 10.9. The van der Waals surface area contributed by atoms with E-state index in [0.29, 0.717) is 12.5 Å². The number of nitrogens with zero attached hydrogens (tertiary/aromatic N) is 1. The van der Waals surface area contributed by atoms with Crippen molar-refractivity contribution in [2.75, 3.05) is 6.54 Å². The lowest BCUT2D eigenvalue weighted by atomic mass is 10.1. The summed E-state index contributed by atoms with van der Waals surface area (Å²) in [6.45, 7) is 4.78. The largest absolute Gasteiger partial charge is 0.352 e. The summed E-state index contributed by atoms with van der Waals surface area (Å²) in [6.07, 6.45) is 2.01. The van der Waals surface area contributed by atoms with Crippen LogP contribution in [0.5, 0.6) is 0 Å². The first-order valence-corrected chi connectivity index (χ1v) is 8.00. The first-order valence-electron chi connectivity index (χ1n) is 7.12. The standard InChI is InChI=1S/C15H19N3O3S/c1-10(2)5-6-16-13(19)12-8-17-15(21)18(14(12)20)9-11-4-3-7-22-11/h3-4,7-8,10H,5-6,9H2,1-2H3,(H,16,19)(H,17,21). The number of carbonyl (C=O) groups excluding carboxylic acids is 1. The molecule has 0 atom stereocenters. The molecule has 0 radical (unpaired) electrons. The molecule has 2 N–H and O–H groups in total. The predicted molar refractivity (Wildman–Crippen MR) is 86.5 cm³/mol. The summed E-state index contributed by atoms with van der Waals surface area (Å²) < 4.78 is 1.04. The Hall–Kier alpha value is -2.15. The molecule has 0 saturated carbocycles. The average molecular weight is 321 g/mol. The van der Waals surface area contributed by atoms with Crippen molar-refractivity contribution in [1.29, 1.82) is 0 Å². The number of thiophene rings is 1. The third-order valence-corrected chi connectivity index (χ3v) is 4.07. The number of amides is 1. The van der Waals surface area contributed by atoms with Crippen LogP contribution in [-0.4, -0.2) is 22.0 Å². The van der Waals surface area contributed by atoms with Crippen molar-refractivity contribution in [3.63, 3.8) is 0 Å². The second kappa shape index (κ2) is 7.22. The fourth-order valence-electron chi connectivity index (χ4n) is 1.95. The van der Waals surface area contributed by atoms with E-state index < -0.39 is 17.2 Å². The van der Waals surface area contributed by atoms with E-state index in [2.05, 4.69) is 24.1 Å². The topological polar surface area (TPSA) is 84.0 Å². The van der Waals surface area contributed by atoms with Crippen LogP contribution in [0.15, 0.2) is 33.3 Å². The SMILES string of the molecule is CC(C)CCNC(=O)c1c[nH]c(=O)n(Cc2cccs2)c1=O. The van der Waals surface area contributed by atoms with Crippen molar-refractivity contribution < 1.29 is 4.79 Å². The van der Waals surface area contributed by atoms with Gasteiger partial charge < -0.3 is 10.3 Å². The molecule has 0 spiro atoms. The van der Waals surface area contributed by atoms with Crippen LogP contribution in [0.3, 0.4) is 0 Å². The van der Waals surface area contributed by atoms with Gasteiger partial charge in [0.25, 0.3) is 11.5 Å². The van der Waals surface area contributed by atoms with Crippen LogP contribution in [0.25, 0.3) is 0 Å². The summed E-state index contributed by atoms with van der Waals surface area (Å²) in [5.41, 5.74) is -1.13. The van der Waals surface area contributed by atoms with Crippen LogP contribution in [0.4, 0.5) is 0 Å². The molecule has 2 aromatic heterocycles. The molecule has 2 rings (SSSR count). The van der Waals surface area contributed by atoms with E-state index in [0.717, 1.165) is 15.9 Å². The summed E-state index contributed by atoms with van der Waals surface area (Å²) >= 11 is 1.45. The third-order valence-electron chi connectivity index (χ3n) is 3.21. The minimum atomic E-state index is -0.570. The summed E-state index contributed by atoms with van der Waals surface area (Å²) in [5.74, 6) is 0.00759. The van der Waals surface area contributed by atoms with Crippen molar-refractivity contribution >= 4 is 17.2 Å². The van der Waals surface area contributed by atoms with Gasteiger partial charge in [0.05, 0.1) is 6.54 Å². The molecule has 0 bridgehead atoms. The highest BCUT2D eigenvalue weighted by molar-refractivity contribution is 7.09. The highest BCUT2D eigenvalue weighted by Gasteiger charge is 2.14. The van der Waals surface area contributed by atoms with Crippen LogP contribution in [0.1, 0.15) is 35.5 Å². The van der Waals surface area contributed by atoms with Gasteiger partial charge in [0.15, 0.2) is 0 Å². The average Bonchev–Trinajstić information content (AvgIpc) is 2.96. The molecular formula is C15H19N3O3S. The van der Waals surface area contributed by atoms with E-state index in [4.69, 9.17) is 0 Å². The Morgan fingerprint density at radius 1 is 1.41 bits per heavy atom. The lowest BCUT2D eigenvalue weighted by Gasteiger charge is -2.08. The van der Waals surface area contributed by atoms with Gasteiger partial charge in [-0.15, -0.1) is 11.3 Å². The van der Waals surface area contributed by atoms with Gasteiger partial charge in [-0.25, -0.2) is 4.79 Å². The van der Waals surface area contributed by atoms with E-state index >= 15 is 0 Å². The lowest BCUT2D eigenvalue weighted by molar-refractivity contribution is 0.0949. The number of rotatable bonds is 6. The van der Waals surface area contributed by atoms with Crippen LogP contribution in [-0.2, 0) is 6.54 Å². The van der Waals surface area contributed by atoms with Crippen LogP contribution >= 0.6 is 11.3 Å². The van der Waals surface area contributed by atoms with Gasteiger partial charge in [0.2, 0.25) is 0 Å². The van der Waals surface area contributed by atoms with Crippen LogP contribution in [0, 0.1) is 5.92 Å². The molecule has 6 nitrogen and oxygen atoms in total. The van der Waals surface area contributed by atoms with Gasteiger partial charge in [-0.05, 0) is 23.8 Å². The van der Waals surface area contributed by atoms with Crippen molar-refractivity contribution in [1.82, 2.24) is 14.9 Å². The minimum Gasteiger partial charge on any atom is -0.352 e. The molecule has 22 heavy (non-hydrogen) atoms. The van der Waals surface area contributed by atoms with Gasteiger partial charge in [-0.1, -0.05) is 19.9 Å². The quantitative estimate of drug-likeness (QED) is 0.844. The molecular weight excluding hydrogens is 302 g/mol. The predicted octanol–water partition coefficient (Wildman–Crippen LogP) is 1.42. The first kappa shape index (κ1) is 16.2. The molecule has 0 saturated heterocycles. The van der Waals surface area contributed by atoms with E-state index in [1.54, 1.807) is 0 Å². The lowest BCUT2D eigenvalue weighted by Crippen LogP contribution is -2.41. The van der Waals surface area contributed by atoms with Gasteiger partial charge in [0, 0.05) is 17.6 Å². The van der Waals surface area contributed by atoms with Gasteiger partial charge >= 0.3 is 5.69 Å². The second-order valence-electron chi connectivity index (χ2n) is 5.42. The van der Waals surface area contributed by atoms with E-state index in [9.17, 15) is 14.4 Å². The van der Waals surface area contributed by atoms with E-state index in [1.807, 2.05) is 17.5 Å². The Morgan fingerprint density at radius 2 is 2.18 bits per heavy atom. The maximum Gasteiger partial charge on any atom is 0.328 e. The fourth-order valence-corrected chi connectivity index (χ4v) is 2.64. The summed E-state index contributed by atoms with van der Waals surface area (Å²) in [7, 11) is 0. The molecule has 0 aliphatic rings. The maximum absolute atomic E-state index is 12.3. The van der Waals surface area contributed by atoms with Gasteiger partial charge in [0.1, 0.15) is 5.56 Å². The Morgan fingerprint density at radius 3 is 2.82 bits per heavy atom. The van der Waals surface area contributed by atoms with Crippen LogP contribution < -0.4 is 16.6 Å². The Kier molecular flexibility index (Phi) is 5.32. The summed E-state index contributed by atoms with van der Waals surface area (Å²) in [4.78, 5) is 39.6. The van der Waals surface area contributed by atoms with Crippen molar-refractivity contribution in [2.24, 2.45) is 5.92 Å². The minimum absolute atomic E-state index is 0.0417. The van der Waals surface area contributed by atoms with E-state index in [-0.39, 0.29) is 12.1 Å². The molecule has 0 unspecified atom stereocenters. The Balaban J connectivity index is 2.21. The fraction of sp³-hybridized carbons (Fsp3) is 0.400. The number of hydrogen-bond acceptors (Lipinski definition) is 4. The smallest absolute Gasteiger partial charge is 0.328 e. The first-order chi connectivity index (χ1) is 10.5. The number of carbonyl (C=O) groups is 1. The van der Waals surface area contributed by atoms with Crippen molar-refractivity contribution in [3.8, 4) is 0 Å².